The number of H-pyrrole nitrogens is 1. The Bertz CT molecular complexity index is 1150. The smallest absolute Gasteiger partial charge is 0.281 e. The summed E-state index contributed by atoms with van der Waals surface area (Å²) in [5.74, 6) is 1.19. The zero-order valence-corrected chi connectivity index (χ0v) is 14.1. The Morgan fingerprint density at radius 1 is 1.19 bits per heavy atom. The fraction of sp³-hybridized carbons (Fsp3) is 0.118. The number of fused-ring (bicyclic) bond motifs is 1. The topological polar surface area (TPSA) is 102 Å². The number of aliphatic imine (C=N–C) groups is 1. The van der Waals surface area contributed by atoms with E-state index in [-0.39, 0.29) is 5.56 Å². The zero-order valence-electron chi connectivity index (χ0n) is 14.1. The maximum absolute atomic E-state index is 12.7. The summed E-state index contributed by atoms with van der Waals surface area (Å²) in [4.78, 5) is 17.1. The van der Waals surface area contributed by atoms with E-state index in [9.17, 15) is 4.79 Å². The predicted molar refractivity (Wildman–Crippen MR) is 95.7 cm³/mol. The number of benzene rings is 1. The van der Waals surface area contributed by atoms with Crippen LogP contribution in [0.2, 0.25) is 0 Å². The molecular formula is C17H15N7O2. The van der Waals surface area contributed by atoms with Gasteiger partial charge in [-0.25, -0.2) is 0 Å². The average molecular weight is 349 g/mol. The molecule has 0 saturated carbocycles. The molecule has 9 nitrogen and oxygen atoms in total. The van der Waals surface area contributed by atoms with Crippen molar-refractivity contribution in [3.63, 3.8) is 0 Å². The van der Waals surface area contributed by atoms with Crippen LogP contribution in [0.25, 0.3) is 11.5 Å². The van der Waals surface area contributed by atoms with Crippen LogP contribution in [0.3, 0.4) is 0 Å². The maximum Gasteiger partial charge on any atom is 0.281 e. The van der Waals surface area contributed by atoms with E-state index in [0.29, 0.717) is 22.7 Å². The van der Waals surface area contributed by atoms with Gasteiger partial charge in [0.1, 0.15) is 12.1 Å². The highest BCUT2D eigenvalue weighted by atomic mass is 16.5. The highest BCUT2D eigenvalue weighted by Gasteiger charge is 2.12. The Hall–Kier alpha value is -3.75. The van der Waals surface area contributed by atoms with E-state index in [1.54, 1.807) is 25.5 Å². The minimum atomic E-state index is -0.236. The van der Waals surface area contributed by atoms with E-state index in [0.717, 1.165) is 11.4 Å². The lowest BCUT2D eigenvalue weighted by Gasteiger charge is -2.00. The van der Waals surface area contributed by atoms with Gasteiger partial charge in [-0.15, -0.1) is 15.3 Å². The molecule has 0 amide bonds. The molecule has 0 aliphatic rings. The largest absolute Gasteiger partial charge is 0.497 e. The molecule has 9 heteroatoms. The molecular weight excluding hydrogens is 334 g/mol. The second-order valence-electron chi connectivity index (χ2n) is 5.57. The highest BCUT2D eigenvalue weighted by molar-refractivity contribution is 5.83. The molecule has 1 aromatic carbocycles. The number of ether oxygens (including phenoxy) is 1. The summed E-state index contributed by atoms with van der Waals surface area (Å²) in [6, 6.07) is 10.7. The summed E-state index contributed by atoms with van der Waals surface area (Å²) >= 11 is 0. The van der Waals surface area contributed by atoms with Gasteiger partial charge in [-0.2, -0.15) is 9.20 Å². The molecule has 0 saturated heterocycles. The normalized spacial score (nSPS) is 11.5. The molecule has 4 rings (SSSR count). The summed E-state index contributed by atoms with van der Waals surface area (Å²) in [6.45, 7) is 1.81. The Morgan fingerprint density at radius 3 is 2.77 bits per heavy atom. The number of aromatic nitrogens is 6. The van der Waals surface area contributed by atoms with E-state index in [1.165, 1.54) is 15.5 Å². The number of aromatic amines is 1. The van der Waals surface area contributed by atoms with E-state index in [4.69, 9.17) is 4.74 Å². The monoisotopic (exact) mass is 349 g/mol. The van der Waals surface area contributed by atoms with Crippen molar-refractivity contribution < 1.29 is 4.74 Å². The number of aryl methyl sites for hydroxylation is 1. The third-order valence-electron chi connectivity index (χ3n) is 3.91. The van der Waals surface area contributed by atoms with E-state index in [1.807, 2.05) is 31.2 Å². The van der Waals surface area contributed by atoms with Gasteiger partial charge in [0.15, 0.2) is 11.5 Å². The number of rotatable bonds is 4. The van der Waals surface area contributed by atoms with Gasteiger partial charge in [-0.05, 0) is 43.3 Å². The van der Waals surface area contributed by atoms with Gasteiger partial charge >= 0.3 is 0 Å². The van der Waals surface area contributed by atoms with E-state index >= 15 is 0 Å². The standard InChI is InChI=1S/C17H15N7O2/c1-11-14(9-18-12-3-5-13(26-2)6-4-12)17(25)24(21-11)16-8-7-15-20-19-10-23(15)22-16/h3-10,21H,1-2H3. The van der Waals surface area contributed by atoms with Crippen LogP contribution in [0.15, 0.2) is 52.5 Å². The molecule has 4 aromatic rings. The van der Waals surface area contributed by atoms with Crippen LogP contribution in [-0.2, 0) is 0 Å². The van der Waals surface area contributed by atoms with E-state index < -0.39 is 0 Å². The van der Waals surface area contributed by atoms with Crippen LogP contribution >= 0.6 is 0 Å². The Labute approximate surface area is 147 Å². The zero-order chi connectivity index (χ0) is 18.1. The average Bonchev–Trinajstić information content (AvgIpc) is 3.24. The van der Waals surface area contributed by atoms with Crippen molar-refractivity contribution in [2.45, 2.75) is 6.92 Å². The lowest BCUT2D eigenvalue weighted by molar-refractivity contribution is 0.415. The van der Waals surface area contributed by atoms with Crippen molar-refractivity contribution in [3.8, 4) is 11.6 Å². The van der Waals surface area contributed by atoms with Gasteiger partial charge in [0.05, 0.1) is 18.4 Å². The molecule has 130 valence electrons. The molecule has 1 N–H and O–H groups in total. The quantitative estimate of drug-likeness (QED) is 0.565. The summed E-state index contributed by atoms with van der Waals surface area (Å²) in [5, 5.41) is 15.0. The number of nitrogens with one attached hydrogen (secondary N) is 1. The second kappa shape index (κ2) is 6.28. The van der Waals surface area contributed by atoms with Crippen molar-refractivity contribution >= 4 is 17.5 Å². The SMILES string of the molecule is COc1ccc(N=Cc2c(C)[nH]n(-c3ccc4nncn4n3)c2=O)cc1. The minimum Gasteiger partial charge on any atom is -0.497 e. The van der Waals surface area contributed by atoms with Crippen molar-refractivity contribution in [2.75, 3.05) is 7.11 Å². The minimum absolute atomic E-state index is 0.236. The molecule has 0 bridgehead atoms. The molecule has 3 aromatic heterocycles. The molecule has 0 atom stereocenters. The Morgan fingerprint density at radius 2 is 2.00 bits per heavy atom. The molecule has 0 aliphatic carbocycles. The van der Waals surface area contributed by atoms with Gasteiger partial charge in [-0.3, -0.25) is 14.9 Å². The van der Waals surface area contributed by atoms with Gasteiger partial charge < -0.3 is 4.74 Å². The number of hydrogen-bond donors (Lipinski definition) is 1. The first-order valence-electron chi connectivity index (χ1n) is 7.83. The van der Waals surface area contributed by atoms with Crippen molar-refractivity contribution in [1.82, 2.24) is 29.6 Å². The highest BCUT2D eigenvalue weighted by Crippen LogP contribution is 2.17. The first-order valence-corrected chi connectivity index (χ1v) is 7.83. The van der Waals surface area contributed by atoms with Crippen LogP contribution in [-0.4, -0.2) is 42.9 Å². The molecule has 0 radical (unpaired) electrons. The predicted octanol–water partition coefficient (Wildman–Crippen LogP) is 1.67. The van der Waals surface area contributed by atoms with Crippen LogP contribution in [0.1, 0.15) is 11.3 Å². The lowest BCUT2D eigenvalue weighted by atomic mass is 10.2. The van der Waals surface area contributed by atoms with Gasteiger partial charge in [0.25, 0.3) is 5.56 Å². The van der Waals surface area contributed by atoms with Crippen LogP contribution in [0.5, 0.6) is 5.75 Å². The van der Waals surface area contributed by atoms with Crippen LogP contribution in [0, 0.1) is 6.92 Å². The van der Waals surface area contributed by atoms with Crippen molar-refractivity contribution in [3.05, 3.63) is 64.3 Å². The fourth-order valence-electron chi connectivity index (χ4n) is 2.52. The summed E-state index contributed by atoms with van der Waals surface area (Å²) in [5.41, 5.74) is 2.25. The van der Waals surface area contributed by atoms with Crippen LogP contribution in [0.4, 0.5) is 5.69 Å². The summed E-state index contributed by atoms with van der Waals surface area (Å²) in [7, 11) is 1.61. The van der Waals surface area contributed by atoms with E-state index in [2.05, 4.69) is 25.4 Å². The third kappa shape index (κ3) is 2.75. The molecule has 0 spiro atoms. The fourth-order valence-corrected chi connectivity index (χ4v) is 2.52. The molecule has 26 heavy (non-hydrogen) atoms. The first kappa shape index (κ1) is 15.8. The Kier molecular flexibility index (Phi) is 3.81. The van der Waals surface area contributed by atoms with Crippen molar-refractivity contribution in [1.29, 1.82) is 0 Å². The molecule has 3 heterocycles. The molecule has 0 unspecified atom stereocenters. The Balaban J connectivity index is 1.69. The molecule has 0 fully saturated rings. The van der Waals surface area contributed by atoms with Gasteiger partial charge in [-0.1, -0.05) is 0 Å². The van der Waals surface area contributed by atoms with Crippen LogP contribution < -0.4 is 10.3 Å². The second-order valence-corrected chi connectivity index (χ2v) is 5.57. The summed E-state index contributed by atoms with van der Waals surface area (Å²) < 4.78 is 7.99. The van der Waals surface area contributed by atoms with Gasteiger partial charge in [0.2, 0.25) is 0 Å². The van der Waals surface area contributed by atoms with Gasteiger partial charge in [0, 0.05) is 11.9 Å². The maximum atomic E-state index is 12.7. The molecule has 0 aliphatic heterocycles. The number of nitrogens with zero attached hydrogens (tertiary/aromatic N) is 6. The number of methoxy groups -OCH3 is 1. The lowest BCUT2D eigenvalue weighted by Crippen LogP contribution is -2.19. The van der Waals surface area contributed by atoms with Crippen molar-refractivity contribution in [2.24, 2.45) is 4.99 Å². The first-order chi connectivity index (χ1) is 12.7. The number of hydrogen-bond acceptors (Lipinski definition) is 6. The summed E-state index contributed by atoms with van der Waals surface area (Å²) in [6.07, 6.45) is 3.02. The third-order valence-corrected chi connectivity index (χ3v) is 3.91.